The standard InChI is InChI=1S/C24H23Cl3N2/c25-18-7-9-19(10-8-18)29-24(12-16-4-2-1-3-5-16)21-15-28-14-20(21)17-6-11-22(26)23(27)13-17/h1-11,13,20-21,24,28-29H,12,14-15H2/t20?,21?,24-/m1/s1. The van der Waals surface area contributed by atoms with E-state index in [0.717, 1.165) is 30.2 Å². The molecule has 2 N–H and O–H groups in total. The second-order valence-corrected chi connectivity index (χ2v) is 8.80. The highest BCUT2D eigenvalue weighted by molar-refractivity contribution is 6.42. The average Bonchev–Trinajstić information content (AvgIpc) is 3.22. The lowest BCUT2D eigenvalue weighted by Gasteiger charge is -2.30. The molecule has 0 aliphatic carbocycles. The Labute approximate surface area is 187 Å². The van der Waals surface area contributed by atoms with Crippen molar-refractivity contribution in [1.29, 1.82) is 0 Å². The summed E-state index contributed by atoms with van der Waals surface area (Å²) in [6.07, 6.45) is 0.938. The third-order valence-corrected chi connectivity index (χ3v) is 6.64. The maximum absolute atomic E-state index is 6.31. The molecule has 150 valence electrons. The number of anilines is 1. The van der Waals surface area contributed by atoms with Crippen molar-refractivity contribution >= 4 is 40.5 Å². The van der Waals surface area contributed by atoms with Gasteiger partial charge in [0, 0.05) is 35.8 Å². The molecular weight excluding hydrogens is 423 g/mol. The van der Waals surface area contributed by atoms with E-state index in [1.54, 1.807) is 0 Å². The lowest BCUT2D eigenvalue weighted by Crippen LogP contribution is -2.35. The molecule has 2 nitrogen and oxygen atoms in total. The van der Waals surface area contributed by atoms with E-state index < -0.39 is 0 Å². The van der Waals surface area contributed by atoms with Crippen molar-refractivity contribution in [3.8, 4) is 0 Å². The minimum Gasteiger partial charge on any atom is -0.382 e. The van der Waals surface area contributed by atoms with Gasteiger partial charge < -0.3 is 10.6 Å². The fourth-order valence-electron chi connectivity index (χ4n) is 4.17. The normalized spacial score (nSPS) is 19.8. The maximum Gasteiger partial charge on any atom is 0.0595 e. The van der Waals surface area contributed by atoms with Crippen molar-refractivity contribution in [2.24, 2.45) is 5.92 Å². The van der Waals surface area contributed by atoms with Gasteiger partial charge in [-0.1, -0.05) is 71.2 Å². The predicted octanol–water partition coefficient (Wildman–Crippen LogP) is 6.67. The summed E-state index contributed by atoms with van der Waals surface area (Å²) in [7, 11) is 0. The van der Waals surface area contributed by atoms with Gasteiger partial charge in [0.2, 0.25) is 0 Å². The minimum atomic E-state index is 0.257. The molecule has 4 rings (SSSR count). The lowest BCUT2D eigenvalue weighted by molar-refractivity contribution is 0.435. The molecule has 2 unspecified atom stereocenters. The Bertz CT molecular complexity index is 944. The van der Waals surface area contributed by atoms with Gasteiger partial charge in [0.1, 0.15) is 0 Å². The van der Waals surface area contributed by atoms with E-state index in [-0.39, 0.29) is 6.04 Å². The Morgan fingerprint density at radius 2 is 1.62 bits per heavy atom. The van der Waals surface area contributed by atoms with Gasteiger partial charge in [-0.2, -0.15) is 0 Å². The van der Waals surface area contributed by atoms with Crippen LogP contribution in [-0.4, -0.2) is 19.1 Å². The van der Waals surface area contributed by atoms with Crippen LogP contribution >= 0.6 is 34.8 Å². The number of benzene rings is 3. The monoisotopic (exact) mass is 444 g/mol. The second-order valence-electron chi connectivity index (χ2n) is 7.55. The molecule has 1 aliphatic heterocycles. The van der Waals surface area contributed by atoms with E-state index in [1.165, 1.54) is 11.1 Å². The molecule has 0 radical (unpaired) electrons. The Kier molecular flexibility index (Phi) is 6.67. The molecule has 0 spiro atoms. The Morgan fingerprint density at radius 1 is 0.862 bits per heavy atom. The van der Waals surface area contributed by atoms with E-state index >= 15 is 0 Å². The summed E-state index contributed by atoms with van der Waals surface area (Å²) in [6, 6.07) is 24.8. The van der Waals surface area contributed by atoms with Crippen LogP contribution in [0, 0.1) is 5.92 Å². The molecule has 0 saturated carbocycles. The van der Waals surface area contributed by atoms with Gasteiger partial charge in [-0.15, -0.1) is 0 Å². The van der Waals surface area contributed by atoms with Crippen molar-refractivity contribution < 1.29 is 0 Å². The first-order valence-electron chi connectivity index (χ1n) is 9.82. The van der Waals surface area contributed by atoms with Crippen LogP contribution in [0.1, 0.15) is 17.0 Å². The van der Waals surface area contributed by atoms with Crippen LogP contribution in [0.3, 0.4) is 0 Å². The Balaban J connectivity index is 1.62. The lowest BCUT2D eigenvalue weighted by atomic mass is 9.81. The first-order chi connectivity index (χ1) is 14.1. The summed E-state index contributed by atoms with van der Waals surface area (Å²) in [5.41, 5.74) is 3.62. The van der Waals surface area contributed by atoms with Crippen molar-refractivity contribution in [2.45, 2.75) is 18.4 Å². The number of hydrogen-bond acceptors (Lipinski definition) is 2. The van der Waals surface area contributed by atoms with Crippen LogP contribution in [0.15, 0.2) is 72.8 Å². The average molecular weight is 446 g/mol. The summed E-state index contributed by atoms with van der Waals surface area (Å²) in [5, 5.41) is 9.29. The van der Waals surface area contributed by atoms with Crippen LogP contribution in [0.4, 0.5) is 5.69 Å². The van der Waals surface area contributed by atoms with Crippen LogP contribution in [0.5, 0.6) is 0 Å². The zero-order valence-electron chi connectivity index (χ0n) is 15.9. The highest BCUT2D eigenvalue weighted by Gasteiger charge is 2.35. The fraction of sp³-hybridized carbons (Fsp3) is 0.250. The quantitative estimate of drug-likeness (QED) is 0.442. The van der Waals surface area contributed by atoms with E-state index in [9.17, 15) is 0 Å². The van der Waals surface area contributed by atoms with Crippen molar-refractivity contribution in [3.63, 3.8) is 0 Å². The highest BCUT2D eigenvalue weighted by atomic mass is 35.5. The molecule has 0 amide bonds. The third kappa shape index (κ3) is 5.07. The number of hydrogen-bond donors (Lipinski definition) is 2. The summed E-state index contributed by atoms with van der Waals surface area (Å²) in [6.45, 7) is 1.87. The SMILES string of the molecule is Clc1ccc(N[C@H](Cc2ccccc2)C2CNCC2c2ccc(Cl)c(Cl)c2)cc1. The topological polar surface area (TPSA) is 24.1 Å². The van der Waals surface area contributed by atoms with Gasteiger partial charge in [-0.05, 0) is 59.9 Å². The molecule has 3 aromatic rings. The minimum absolute atomic E-state index is 0.257. The van der Waals surface area contributed by atoms with Crippen molar-refractivity contribution in [3.05, 3.63) is 99.0 Å². The first-order valence-corrected chi connectivity index (χ1v) is 11.0. The zero-order valence-corrected chi connectivity index (χ0v) is 18.2. The van der Waals surface area contributed by atoms with Crippen LogP contribution in [0.25, 0.3) is 0 Å². The first kappa shape index (κ1) is 20.6. The molecule has 0 aromatic heterocycles. The van der Waals surface area contributed by atoms with Gasteiger partial charge in [0.05, 0.1) is 10.0 Å². The summed E-state index contributed by atoms with van der Waals surface area (Å²) < 4.78 is 0. The van der Waals surface area contributed by atoms with E-state index in [4.69, 9.17) is 34.8 Å². The molecule has 5 heteroatoms. The fourth-order valence-corrected chi connectivity index (χ4v) is 4.60. The Hall–Kier alpha value is -1.71. The van der Waals surface area contributed by atoms with Gasteiger partial charge >= 0.3 is 0 Å². The van der Waals surface area contributed by atoms with E-state index in [0.29, 0.717) is 21.9 Å². The van der Waals surface area contributed by atoms with Gasteiger partial charge in [0.15, 0.2) is 0 Å². The zero-order chi connectivity index (χ0) is 20.2. The third-order valence-electron chi connectivity index (χ3n) is 5.64. The largest absolute Gasteiger partial charge is 0.382 e. The van der Waals surface area contributed by atoms with Crippen molar-refractivity contribution in [1.82, 2.24) is 5.32 Å². The maximum atomic E-state index is 6.31. The molecule has 1 saturated heterocycles. The molecule has 1 aliphatic rings. The Morgan fingerprint density at radius 3 is 2.34 bits per heavy atom. The van der Waals surface area contributed by atoms with Gasteiger partial charge in [-0.3, -0.25) is 0 Å². The molecule has 1 heterocycles. The van der Waals surface area contributed by atoms with E-state index in [2.05, 4.69) is 47.0 Å². The predicted molar refractivity (Wildman–Crippen MR) is 125 cm³/mol. The summed E-state index contributed by atoms with van der Waals surface area (Å²) >= 11 is 18.5. The van der Waals surface area contributed by atoms with Gasteiger partial charge in [0.25, 0.3) is 0 Å². The number of rotatable bonds is 6. The molecular formula is C24H23Cl3N2. The summed E-state index contributed by atoms with van der Waals surface area (Å²) in [5.74, 6) is 0.765. The van der Waals surface area contributed by atoms with Crippen LogP contribution in [0.2, 0.25) is 15.1 Å². The molecule has 3 atom stereocenters. The molecule has 0 bridgehead atoms. The molecule has 1 fully saturated rings. The summed E-state index contributed by atoms with van der Waals surface area (Å²) in [4.78, 5) is 0. The van der Waals surface area contributed by atoms with Crippen LogP contribution in [-0.2, 0) is 6.42 Å². The number of nitrogens with one attached hydrogen (secondary N) is 2. The second kappa shape index (κ2) is 9.40. The van der Waals surface area contributed by atoms with Gasteiger partial charge in [-0.25, -0.2) is 0 Å². The highest BCUT2D eigenvalue weighted by Crippen LogP contribution is 2.36. The van der Waals surface area contributed by atoms with Crippen LogP contribution < -0.4 is 10.6 Å². The number of halogens is 3. The van der Waals surface area contributed by atoms with Crippen molar-refractivity contribution in [2.75, 3.05) is 18.4 Å². The molecule has 3 aromatic carbocycles. The molecule has 29 heavy (non-hydrogen) atoms. The van der Waals surface area contributed by atoms with E-state index in [1.807, 2.05) is 36.4 Å². The smallest absolute Gasteiger partial charge is 0.0595 e.